The molecule has 17 heavy (non-hydrogen) atoms. The zero-order valence-corrected chi connectivity index (χ0v) is 10.4. The van der Waals surface area contributed by atoms with Crippen molar-refractivity contribution in [3.05, 3.63) is 29.6 Å². The third-order valence-corrected chi connectivity index (χ3v) is 2.60. The molecule has 0 saturated carbocycles. The third kappa shape index (κ3) is 3.47. The van der Waals surface area contributed by atoms with Crippen LogP contribution < -0.4 is 10.6 Å². The number of terminal acetylenes is 1. The Kier molecular flexibility index (Phi) is 4.99. The summed E-state index contributed by atoms with van der Waals surface area (Å²) in [6.07, 6.45) is 6.34. The van der Waals surface area contributed by atoms with Crippen molar-refractivity contribution in [2.75, 3.05) is 18.0 Å². The van der Waals surface area contributed by atoms with Gasteiger partial charge >= 0.3 is 0 Å². The second kappa shape index (κ2) is 6.27. The lowest BCUT2D eigenvalue weighted by Crippen LogP contribution is -2.26. The fourth-order valence-corrected chi connectivity index (χ4v) is 1.84. The van der Waals surface area contributed by atoms with Crippen molar-refractivity contribution in [2.45, 2.75) is 26.3 Å². The first-order valence-corrected chi connectivity index (χ1v) is 5.83. The molecular weight excluding hydrogens is 215 g/mol. The van der Waals surface area contributed by atoms with Crippen LogP contribution in [0.1, 0.15) is 31.9 Å². The second-order valence-electron chi connectivity index (χ2n) is 4.12. The van der Waals surface area contributed by atoms with Crippen LogP contribution in [0.5, 0.6) is 0 Å². The van der Waals surface area contributed by atoms with E-state index in [2.05, 4.69) is 17.7 Å². The zero-order valence-electron chi connectivity index (χ0n) is 10.4. The van der Waals surface area contributed by atoms with Crippen molar-refractivity contribution in [3.8, 4) is 12.3 Å². The first kappa shape index (κ1) is 13.5. The molecule has 1 atom stereocenters. The van der Waals surface area contributed by atoms with Gasteiger partial charge < -0.3 is 10.6 Å². The molecule has 0 aliphatic carbocycles. The highest BCUT2D eigenvalue weighted by atomic mass is 19.1. The van der Waals surface area contributed by atoms with Crippen LogP contribution >= 0.6 is 0 Å². The summed E-state index contributed by atoms with van der Waals surface area (Å²) in [5.74, 6) is 2.36. The first-order chi connectivity index (χ1) is 8.10. The zero-order chi connectivity index (χ0) is 12.8. The quantitative estimate of drug-likeness (QED) is 0.794. The SMILES string of the molecule is C#CCN(CCC)c1ccc(F)cc1C(C)N. The molecule has 1 aromatic carbocycles. The van der Waals surface area contributed by atoms with E-state index in [1.165, 1.54) is 12.1 Å². The van der Waals surface area contributed by atoms with E-state index in [-0.39, 0.29) is 11.9 Å². The number of benzene rings is 1. The van der Waals surface area contributed by atoms with E-state index in [0.717, 1.165) is 24.2 Å². The number of hydrogen-bond acceptors (Lipinski definition) is 2. The molecule has 1 unspecified atom stereocenters. The van der Waals surface area contributed by atoms with E-state index in [0.29, 0.717) is 6.54 Å². The van der Waals surface area contributed by atoms with E-state index < -0.39 is 0 Å². The van der Waals surface area contributed by atoms with Crippen LogP contribution in [0.4, 0.5) is 10.1 Å². The monoisotopic (exact) mass is 234 g/mol. The number of halogens is 1. The van der Waals surface area contributed by atoms with Crippen molar-refractivity contribution in [2.24, 2.45) is 5.73 Å². The van der Waals surface area contributed by atoms with Crippen molar-refractivity contribution in [3.63, 3.8) is 0 Å². The van der Waals surface area contributed by atoms with E-state index >= 15 is 0 Å². The van der Waals surface area contributed by atoms with Crippen LogP contribution in [0, 0.1) is 18.2 Å². The summed E-state index contributed by atoms with van der Waals surface area (Å²) in [5.41, 5.74) is 7.60. The summed E-state index contributed by atoms with van der Waals surface area (Å²) < 4.78 is 13.2. The molecule has 0 fully saturated rings. The molecule has 0 bridgehead atoms. The van der Waals surface area contributed by atoms with Gasteiger partial charge in [0.25, 0.3) is 0 Å². The minimum absolute atomic E-state index is 0.210. The Morgan fingerprint density at radius 1 is 1.53 bits per heavy atom. The third-order valence-electron chi connectivity index (χ3n) is 2.60. The Labute approximate surface area is 103 Å². The van der Waals surface area contributed by atoms with Gasteiger partial charge in [-0.15, -0.1) is 6.42 Å². The summed E-state index contributed by atoms with van der Waals surface area (Å²) in [4.78, 5) is 2.05. The Morgan fingerprint density at radius 2 is 2.24 bits per heavy atom. The van der Waals surface area contributed by atoms with Gasteiger partial charge in [0.05, 0.1) is 6.54 Å². The van der Waals surface area contributed by atoms with Gasteiger partial charge in [-0.3, -0.25) is 0 Å². The molecule has 0 radical (unpaired) electrons. The van der Waals surface area contributed by atoms with Crippen LogP contribution in [0.2, 0.25) is 0 Å². The van der Waals surface area contributed by atoms with Crippen LogP contribution in [-0.4, -0.2) is 13.1 Å². The van der Waals surface area contributed by atoms with Gasteiger partial charge in [0.2, 0.25) is 0 Å². The maximum absolute atomic E-state index is 13.2. The average molecular weight is 234 g/mol. The maximum Gasteiger partial charge on any atom is 0.123 e. The Bertz CT molecular complexity index is 407. The van der Waals surface area contributed by atoms with Gasteiger partial charge in [0.1, 0.15) is 5.82 Å². The number of nitrogens with two attached hydrogens (primary N) is 1. The van der Waals surface area contributed by atoms with E-state index in [4.69, 9.17) is 12.2 Å². The minimum atomic E-state index is -0.266. The minimum Gasteiger partial charge on any atom is -0.360 e. The van der Waals surface area contributed by atoms with Crippen molar-refractivity contribution in [1.29, 1.82) is 0 Å². The highest BCUT2D eigenvalue weighted by molar-refractivity contribution is 5.55. The molecule has 3 heteroatoms. The number of nitrogens with zero attached hydrogens (tertiary/aromatic N) is 1. The summed E-state index contributed by atoms with van der Waals surface area (Å²) in [5, 5.41) is 0. The Morgan fingerprint density at radius 3 is 2.76 bits per heavy atom. The molecule has 0 aliphatic heterocycles. The molecule has 2 N–H and O–H groups in total. The van der Waals surface area contributed by atoms with Gasteiger partial charge in [0.15, 0.2) is 0 Å². The highest BCUT2D eigenvalue weighted by Crippen LogP contribution is 2.26. The fourth-order valence-electron chi connectivity index (χ4n) is 1.84. The summed E-state index contributed by atoms with van der Waals surface area (Å²) in [7, 11) is 0. The standard InChI is InChI=1S/C14H19FN2/c1-4-8-17(9-5-2)14-7-6-12(15)10-13(14)11(3)16/h1,6-7,10-11H,5,8-9,16H2,2-3H3. The number of hydrogen-bond donors (Lipinski definition) is 1. The maximum atomic E-state index is 13.2. The molecule has 0 aromatic heterocycles. The fraction of sp³-hybridized carbons (Fsp3) is 0.429. The van der Waals surface area contributed by atoms with E-state index in [9.17, 15) is 4.39 Å². The summed E-state index contributed by atoms with van der Waals surface area (Å²) >= 11 is 0. The molecule has 0 spiro atoms. The smallest absolute Gasteiger partial charge is 0.123 e. The van der Waals surface area contributed by atoms with Crippen molar-refractivity contribution >= 4 is 5.69 Å². The Hall–Kier alpha value is -1.53. The largest absolute Gasteiger partial charge is 0.360 e. The lowest BCUT2D eigenvalue weighted by atomic mass is 10.1. The molecular formula is C14H19FN2. The predicted molar refractivity (Wildman–Crippen MR) is 70.3 cm³/mol. The molecule has 0 saturated heterocycles. The molecule has 0 heterocycles. The average Bonchev–Trinajstić information content (AvgIpc) is 2.28. The topological polar surface area (TPSA) is 29.3 Å². The van der Waals surface area contributed by atoms with Gasteiger partial charge in [0, 0.05) is 18.3 Å². The molecule has 0 amide bonds. The Balaban J connectivity index is 3.13. The first-order valence-electron chi connectivity index (χ1n) is 5.83. The van der Waals surface area contributed by atoms with E-state index in [1.54, 1.807) is 6.07 Å². The van der Waals surface area contributed by atoms with Gasteiger partial charge in [-0.1, -0.05) is 12.8 Å². The van der Waals surface area contributed by atoms with Gasteiger partial charge in [-0.05, 0) is 37.1 Å². The van der Waals surface area contributed by atoms with Crippen LogP contribution in [0.3, 0.4) is 0 Å². The lowest BCUT2D eigenvalue weighted by Gasteiger charge is -2.26. The van der Waals surface area contributed by atoms with Crippen LogP contribution in [0.15, 0.2) is 18.2 Å². The predicted octanol–water partition coefficient (Wildman–Crippen LogP) is 2.70. The lowest BCUT2D eigenvalue weighted by molar-refractivity contribution is 0.621. The second-order valence-corrected chi connectivity index (χ2v) is 4.12. The molecule has 92 valence electrons. The molecule has 1 rings (SSSR count). The summed E-state index contributed by atoms with van der Waals surface area (Å²) in [6, 6.07) is 4.47. The van der Waals surface area contributed by atoms with Gasteiger partial charge in [-0.2, -0.15) is 0 Å². The number of rotatable bonds is 5. The number of anilines is 1. The molecule has 1 aromatic rings. The van der Waals surface area contributed by atoms with E-state index in [1.807, 2.05) is 6.92 Å². The molecule has 2 nitrogen and oxygen atoms in total. The van der Waals surface area contributed by atoms with Crippen LogP contribution in [-0.2, 0) is 0 Å². The van der Waals surface area contributed by atoms with Gasteiger partial charge in [-0.25, -0.2) is 4.39 Å². The molecule has 0 aliphatic rings. The normalized spacial score (nSPS) is 11.9. The van der Waals surface area contributed by atoms with Crippen molar-refractivity contribution < 1.29 is 4.39 Å². The van der Waals surface area contributed by atoms with Crippen LogP contribution in [0.25, 0.3) is 0 Å². The highest BCUT2D eigenvalue weighted by Gasteiger charge is 2.13. The van der Waals surface area contributed by atoms with Crippen molar-refractivity contribution in [1.82, 2.24) is 0 Å². The summed E-state index contributed by atoms with van der Waals surface area (Å²) in [6.45, 7) is 5.28.